The maximum Gasteiger partial charge on any atom is 0.322 e. The fraction of sp³-hybridized carbons (Fsp3) is 0.0952. The Morgan fingerprint density at radius 1 is 1.16 bits per heavy atom. The zero-order chi connectivity index (χ0) is 22.2. The van der Waals surface area contributed by atoms with Crippen LogP contribution < -0.4 is 10.1 Å². The van der Waals surface area contributed by atoms with Crippen LogP contribution >= 0.6 is 11.3 Å². The topological polar surface area (TPSA) is 134 Å². The molecule has 5 aromatic rings. The number of carbonyl (C=O) groups excluding carboxylic acids is 1. The minimum atomic E-state index is -0.480. The summed E-state index contributed by atoms with van der Waals surface area (Å²) in [7, 11) is 0. The van der Waals surface area contributed by atoms with Gasteiger partial charge in [0.25, 0.3) is 17.5 Å². The van der Waals surface area contributed by atoms with E-state index in [1.807, 2.05) is 19.1 Å². The third kappa shape index (κ3) is 3.54. The number of nitro benzene ring substituents is 1. The molecule has 2 aromatic carbocycles. The number of fused-ring (bicyclic) bond motifs is 2. The van der Waals surface area contributed by atoms with Crippen LogP contribution in [0.15, 0.2) is 57.4 Å². The number of thiophene rings is 1. The van der Waals surface area contributed by atoms with Gasteiger partial charge in [0.1, 0.15) is 0 Å². The van der Waals surface area contributed by atoms with E-state index in [4.69, 9.17) is 13.6 Å². The standard InChI is InChI=1S/C21H14N4O6S/c1-2-29-14-5-3-4-11-9-15(30-18(11)14)20-23-24-21(31-20)22-19(26)17-10-12-8-13(25(27)28)6-7-16(12)32-17/h3-10H,2H2,1H3,(H,22,24,26). The lowest BCUT2D eigenvalue weighted by Crippen LogP contribution is -2.10. The Morgan fingerprint density at radius 2 is 2.03 bits per heavy atom. The minimum absolute atomic E-state index is 0.0397. The number of aromatic nitrogens is 2. The molecule has 0 aliphatic carbocycles. The second kappa shape index (κ2) is 7.78. The van der Waals surface area contributed by atoms with Crippen molar-refractivity contribution >= 4 is 50.0 Å². The van der Waals surface area contributed by atoms with Gasteiger partial charge >= 0.3 is 6.01 Å². The molecule has 0 atom stereocenters. The monoisotopic (exact) mass is 450 g/mol. The molecule has 0 aliphatic rings. The highest BCUT2D eigenvalue weighted by Crippen LogP contribution is 2.34. The number of hydrogen-bond acceptors (Lipinski definition) is 9. The van der Waals surface area contributed by atoms with E-state index in [0.717, 1.165) is 10.1 Å². The van der Waals surface area contributed by atoms with Gasteiger partial charge in [-0.3, -0.25) is 20.2 Å². The summed E-state index contributed by atoms with van der Waals surface area (Å²) in [6.07, 6.45) is 0. The fourth-order valence-electron chi connectivity index (χ4n) is 3.20. The van der Waals surface area contributed by atoms with Crippen LogP contribution in [0.5, 0.6) is 5.75 Å². The molecule has 32 heavy (non-hydrogen) atoms. The number of nitro groups is 1. The Balaban J connectivity index is 1.38. The first kappa shape index (κ1) is 19.7. The lowest BCUT2D eigenvalue weighted by molar-refractivity contribution is -0.384. The van der Waals surface area contributed by atoms with Gasteiger partial charge in [0.05, 0.1) is 16.4 Å². The van der Waals surface area contributed by atoms with Gasteiger partial charge < -0.3 is 13.6 Å². The van der Waals surface area contributed by atoms with Crippen LogP contribution in [-0.4, -0.2) is 27.6 Å². The Kier molecular flexibility index (Phi) is 4.79. The predicted octanol–water partition coefficient (Wildman–Crippen LogP) is 5.26. The maximum atomic E-state index is 12.6. The molecule has 3 heterocycles. The number of benzene rings is 2. The summed E-state index contributed by atoms with van der Waals surface area (Å²) in [5.41, 5.74) is 0.523. The van der Waals surface area contributed by atoms with Crippen LogP contribution in [0.2, 0.25) is 0 Å². The number of carbonyl (C=O) groups is 1. The average Bonchev–Trinajstić information content (AvgIpc) is 3.51. The molecule has 3 aromatic heterocycles. The Morgan fingerprint density at radius 3 is 2.84 bits per heavy atom. The van der Waals surface area contributed by atoms with Gasteiger partial charge in [-0.25, -0.2) is 0 Å². The van der Waals surface area contributed by atoms with Crippen LogP contribution in [-0.2, 0) is 0 Å². The molecule has 0 saturated heterocycles. The van der Waals surface area contributed by atoms with Crippen molar-refractivity contribution in [2.45, 2.75) is 6.92 Å². The number of ether oxygens (including phenoxy) is 1. The molecular formula is C21H14N4O6S. The maximum absolute atomic E-state index is 12.6. The van der Waals surface area contributed by atoms with E-state index in [9.17, 15) is 14.9 Å². The number of nitrogens with one attached hydrogen (secondary N) is 1. The highest BCUT2D eigenvalue weighted by molar-refractivity contribution is 7.20. The van der Waals surface area contributed by atoms with Gasteiger partial charge in [0, 0.05) is 27.6 Å². The number of anilines is 1. The summed E-state index contributed by atoms with van der Waals surface area (Å²) in [4.78, 5) is 23.4. The summed E-state index contributed by atoms with van der Waals surface area (Å²) in [5, 5.41) is 22.7. The van der Waals surface area contributed by atoms with Crippen molar-refractivity contribution in [3.63, 3.8) is 0 Å². The number of rotatable bonds is 6. The summed E-state index contributed by atoms with van der Waals surface area (Å²) < 4.78 is 17.7. The van der Waals surface area contributed by atoms with Crippen molar-refractivity contribution in [1.29, 1.82) is 0 Å². The smallest absolute Gasteiger partial charge is 0.322 e. The molecule has 0 fully saturated rings. The molecular weight excluding hydrogens is 436 g/mol. The fourth-order valence-corrected chi connectivity index (χ4v) is 4.14. The van der Waals surface area contributed by atoms with E-state index in [1.54, 1.807) is 24.3 Å². The first-order valence-corrected chi connectivity index (χ1v) is 10.3. The van der Waals surface area contributed by atoms with E-state index in [0.29, 0.717) is 34.0 Å². The summed E-state index contributed by atoms with van der Waals surface area (Å²) in [6, 6.07) is 13.2. The van der Waals surface area contributed by atoms with Crippen molar-refractivity contribution in [1.82, 2.24) is 10.2 Å². The first-order chi connectivity index (χ1) is 15.5. The lowest BCUT2D eigenvalue weighted by atomic mass is 10.2. The second-order valence-corrected chi connectivity index (χ2v) is 7.76. The largest absolute Gasteiger partial charge is 0.490 e. The van der Waals surface area contributed by atoms with Gasteiger partial charge in [-0.1, -0.05) is 17.2 Å². The molecule has 5 rings (SSSR count). The molecule has 1 amide bonds. The molecule has 10 nitrogen and oxygen atoms in total. The van der Waals surface area contributed by atoms with E-state index in [-0.39, 0.29) is 17.6 Å². The summed E-state index contributed by atoms with van der Waals surface area (Å²) >= 11 is 1.20. The van der Waals surface area contributed by atoms with Crippen LogP contribution in [0.4, 0.5) is 11.7 Å². The highest BCUT2D eigenvalue weighted by Gasteiger charge is 2.19. The van der Waals surface area contributed by atoms with Crippen molar-refractivity contribution in [3.05, 3.63) is 63.5 Å². The van der Waals surface area contributed by atoms with Crippen molar-refractivity contribution in [2.24, 2.45) is 0 Å². The van der Waals surface area contributed by atoms with Crippen LogP contribution in [0.1, 0.15) is 16.6 Å². The first-order valence-electron chi connectivity index (χ1n) is 9.50. The average molecular weight is 450 g/mol. The summed E-state index contributed by atoms with van der Waals surface area (Å²) in [6.45, 7) is 2.38. The molecule has 0 aliphatic heterocycles. The SMILES string of the molecule is CCOc1cccc2cc(-c3nnc(NC(=O)c4cc5cc([N+](=O)[O-])ccc5s4)o3)oc12. The number of non-ortho nitro benzene ring substituents is 1. The zero-order valence-corrected chi connectivity index (χ0v) is 17.3. The Labute approximate surface area is 183 Å². The predicted molar refractivity (Wildman–Crippen MR) is 117 cm³/mol. The molecule has 0 spiro atoms. The molecule has 11 heteroatoms. The van der Waals surface area contributed by atoms with Gasteiger partial charge in [0.15, 0.2) is 17.1 Å². The third-order valence-electron chi connectivity index (χ3n) is 4.60. The second-order valence-electron chi connectivity index (χ2n) is 6.67. The molecule has 0 bridgehead atoms. The van der Waals surface area contributed by atoms with Crippen molar-refractivity contribution in [3.8, 4) is 17.4 Å². The molecule has 160 valence electrons. The van der Waals surface area contributed by atoms with E-state index >= 15 is 0 Å². The van der Waals surface area contributed by atoms with Crippen LogP contribution in [0, 0.1) is 10.1 Å². The molecule has 0 saturated carbocycles. The zero-order valence-electron chi connectivity index (χ0n) is 16.5. The molecule has 1 N–H and O–H groups in total. The van der Waals surface area contributed by atoms with Crippen LogP contribution in [0.25, 0.3) is 32.7 Å². The number of para-hydroxylation sites is 1. The summed E-state index contributed by atoms with van der Waals surface area (Å²) in [5.74, 6) is 0.585. The lowest BCUT2D eigenvalue weighted by Gasteiger charge is -2.01. The van der Waals surface area contributed by atoms with Gasteiger partial charge in [-0.15, -0.1) is 16.4 Å². The van der Waals surface area contributed by atoms with E-state index < -0.39 is 10.8 Å². The van der Waals surface area contributed by atoms with E-state index in [1.165, 1.54) is 23.5 Å². The third-order valence-corrected chi connectivity index (χ3v) is 5.71. The number of hydrogen-bond donors (Lipinski definition) is 1. The van der Waals surface area contributed by atoms with Crippen molar-refractivity contribution < 1.29 is 23.3 Å². The van der Waals surface area contributed by atoms with E-state index in [2.05, 4.69) is 15.5 Å². The Hall–Kier alpha value is -4.25. The van der Waals surface area contributed by atoms with Gasteiger partial charge in [-0.2, -0.15) is 0 Å². The Bertz CT molecular complexity index is 1480. The van der Waals surface area contributed by atoms with Gasteiger partial charge in [-0.05, 0) is 31.2 Å². The minimum Gasteiger partial charge on any atom is -0.490 e. The number of furan rings is 1. The van der Waals surface area contributed by atoms with Gasteiger partial charge in [0.2, 0.25) is 0 Å². The molecule has 0 radical (unpaired) electrons. The highest BCUT2D eigenvalue weighted by atomic mass is 32.1. The quantitative estimate of drug-likeness (QED) is 0.274. The number of nitrogens with zero attached hydrogens (tertiary/aromatic N) is 3. The van der Waals surface area contributed by atoms with Crippen molar-refractivity contribution in [2.75, 3.05) is 11.9 Å². The normalized spacial score (nSPS) is 11.2. The molecule has 0 unspecified atom stereocenters. The van der Waals surface area contributed by atoms with Crippen LogP contribution in [0.3, 0.4) is 0 Å². The number of amides is 1.